The van der Waals surface area contributed by atoms with Gasteiger partial charge in [-0.2, -0.15) is 0 Å². The third-order valence-electron chi connectivity index (χ3n) is 5.20. The molecule has 1 unspecified atom stereocenters. The fraction of sp³-hybridized carbons (Fsp3) is 0.632. The average Bonchev–Trinajstić information content (AvgIpc) is 3.10. The van der Waals surface area contributed by atoms with Crippen LogP contribution in [0.3, 0.4) is 0 Å². The van der Waals surface area contributed by atoms with Crippen molar-refractivity contribution in [3.8, 4) is 5.75 Å². The Labute approximate surface area is 145 Å². The number of ether oxygens (including phenoxy) is 1. The van der Waals surface area contributed by atoms with Crippen molar-refractivity contribution < 1.29 is 9.53 Å². The van der Waals surface area contributed by atoms with E-state index in [4.69, 9.17) is 4.74 Å². The Balaban J connectivity index is 1.55. The molecule has 132 valence electrons. The summed E-state index contributed by atoms with van der Waals surface area (Å²) in [5.74, 6) is 0.593. The third-order valence-corrected chi connectivity index (χ3v) is 5.20. The van der Waals surface area contributed by atoms with E-state index in [0.29, 0.717) is 11.8 Å². The van der Waals surface area contributed by atoms with E-state index >= 15 is 0 Å². The van der Waals surface area contributed by atoms with Gasteiger partial charge in [0.05, 0.1) is 0 Å². The van der Waals surface area contributed by atoms with Crippen LogP contribution in [0.4, 0.5) is 4.79 Å². The maximum absolute atomic E-state index is 11.3. The van der Waals surface area contributed by atoms with Gasteiger partial charge in [-0.3, -0.25) is 4.90 Å². The summed E-state index contributed by atoms with van der Waals surface area (Å²) in [7, 11) is 1.56. The van der Waals surface area contributed by atoms with Crippen LogP contribution in [0.5, 0.6) is 5.75 Å². The zero-order valence-corrected chi connectivity index (χ0v) is 14.7. The van der Waals surface area contributed by atoms with Crippen LogP contribution >= 0.6 is 0 Å². The molecular formula is C19H29N3O2. The summed E-state index contributed by atoms with van der Waals surface area (Å²) in [6.07, 6.45) is 6.17. The summed E-state index contributed by atoms with van der Waals surface area (Å²) >= 11 is 0. The molecule has 1 aromatic carbocycles. The molecule has 0 spiro atoms. The number of carbonyl (C=O) groups excluding carboxylic acids is 1. The van der Waals surface area contributed by atoms with Crippen LogP contribution in [-0.2, 0) is 0 Å². The molecule has 5 heteroatoms. The van der Waals surface area contributed by atoms with Crippen molar-refractivity contribution in [2.75, 3.05) is 39.8 Å². The summed E-state index contributed by atoms with van der Waals surface area (Å²) in [6, 6.07) is 8.49. The van der Waals surface area contributed by atoms with Crippen molar-refractivity contribution in [3.63, 3.8) is 0 Å². The fourth-order valence-electron chi connectivity index (χ4n) is 3.84. The molecule has 2 heterocycles. The minimum atomic E-state index is -0.424. The SMILES string of the molecule is CNC(=O)Oc1ccc(C2CCCN2CCN2CCCCC2)cc1. The molecule has 0 saturated carbocycles. The molecule has 1 atom stereocenters. The predicted octanol–water partition coefficient (Wildman–Crippen LogP) is 3.03. The molecule has 0 bridgehead atoms. The monoisotopic (exact) mass is 331 g/mol. The van der Waals surface area contributed by atoms with Gasteiger partial charge in [-0.05, 0) is 63.0 Å². The van der Waals surface area contributed by atoms with Gasteiger partial charge in [0, 0.05) is 26.2 Å². The van der Waals surface area contributed by atoms with E-state index in [2.05, 4.69) is 27.2 Å². The number of amides is 1. The molecule has 0 aliphatic carbocycles. The first-order valence-corrected chi connectivity index (χ1v) is 9.22. The second-order valence-electron chi connectivity index (χ2n) is 6.80. The lowest BCUT2D eigenvalue weighted by atomic mass is 10.0. The minimum Gasteiger partial charge on any atom is -0.410 e. The van der Waals surface area contributed by atoms with Crippen molar-refractivity contribution in [2.45, 2.75) is 38.1 Å². The Morgan fingerprint density at radius 3 is 2.54 bits per heavy atom. The summed E-state index contributed by atoms with van der Waals surface area (Å²) in [6.45, 7) is 6.07. The summed E-state index contributed by atoms with van der Waals surface area (Å²) in [5.41, 5.74) is 1.33. The third kappa shape index (κ3) is 4.48. The molecule has 2 aliphatic heterocycles. The molecule has 3 rings (SSSR count). The van der Waals surface area contributed by atoms with Crippen molar-refractivity contribution in [1.82, 2.24) is 15.1 Å². The normalized spacial score (nSPS) is 22.5. The Hall–Kier alpha value is -1.59. The molecule has 5 nitrogen and oxygen atoms in total. The maximum atomic E-state index is 11.3. The number of rotatable bonds is 5. The van der Waals surface area contributed by atoms with E-state index in [9.17, 15) is 4.79 Å². The summed E-state index contributed by atoms with van der Waals surface area (Å²) in [5, 5.41) is 2.46. The average molecular weight is 331 g/mol. The number of hydrogen-bond donors (Lipinski definition) is 1. The number of likely N-dealkylation sites (tertiary alicyclic amines) is 2. The standard InChI is InChI=1S/C19H29N3O2/c1-20-19(23)24-17-9-7-16(8-10-17)18-6-5-13-22(18)15-14-21-11-3-2-4-12-21/h7-10,18H,2-6,11-15H2,1H3,(H,20,23). The van der Waals surface area contributed by atoms with Gasteiger partial charge in [0.25, 0.3) is 0 Å². The lowest BCUT2D eigenvalue weighted by Gasteiger charge is -2.31. The number of nitrogens with zero attached hydrogens (tertiary/aromatic N) is 2. The van der Waals surface area contributed by atoms with Crippen LogP contribution in [0.2, 0.25) is 0 Å². The van der Waals surface area contributed by atoms with Gasteiger partial charge in [0.1, 0.15) is 5.75 Å². The van der Waals surface area contributed by atoms with Gasteiger partial charge >= 0.3 is 6.09 Å². The van der Waals surface area contributed by atoms with Gasteiger partial charge in [-0.25, -0.2) is 4.79 Å². The Kier molecular flexibility index (Phi) is 6.10. The number of carbonyl (C=O) groups is 1. The van der Waals surface area contributed by atoms with Crippen LogP contribution in [0.1, 0.15) is 43.7 Å². The van der Waals surface area contributed by atoms with Crippen LogP contribution in [-0.4, -0.2) is 55.7 Å². The highest BCUT2D eigenvalue weighted by molar-refractivity contribution is 5.69. The van der Waals surface area contributed by atoms with E-state index in [1.165, 1.54) is 63.8 Å². The molecule has 0 aromatic heterocycles. The maximum Gasteiger partial charge on any atom is 0.412 e. The molecule has 1 N–H and O–H groups in total. The Morgan fingerprint density at radius 1 is 1.08 bits per heavy atom. The van der Waals surface area contributed by atoms with Crippen LogP contribution < -0.4 is 10.1 Å². The van der Waals surface area contributed by atoms with Crippen LogP contribution in [0, 0.1) is 0 Å². The van der Waals surface area contributed by atoms with Gasteiger partial charge in [-0.15, -0.1) is 0 Å². The van der Waals surface area contributed by atoms with Crippen molar-refractivity contribution in [2.24, 2.45) is 0 Å². The largest absolute Gasteiger partial charge is 0.412 e. The zero-order chi connectivity index (χ0) is 16.8. The van der Waals surface area contributed by atoms with Crippen molar-refractivity contribution in [3.05, 3.63) is 29.8 Å². The minimum absolute atomic E-state index is 0.424. The van der Waals surface area contributed by atoms with E-state index in [1.807, 2.05) is 12.1 Å². The first-order chi connectivity index (χ1) is 11.8. The van der Waals surface area contributed by atoms with E-state index in [1.54, 1.807) is 7.05 Å². The highest BCUT2D eigenvalue weighted by Gasteiger charge is 2.26. The molecule has 1 amide bonds. The molecule has 0 radical (unpaired) electrons. The van der Waals surface area contributed by atoms with Gasteiger partial charge in [0.15, 0.2) is 0 Å². The fourth-order valence-corrected chi connectivity index (χ4v) is 3.84. The first kappa shape index (κ1) is 17.2. The van der Waals surface area contributed by atoms with Gasteiger partial charge < -0.3 is 15.0 Å². The first-order valence-electron chi connectivity index (χ1n) is 9.22. The van der Waals surface area contributed by atoms with Crippen molar-refractivity contribution in [1.29, 1.82) is 0 Å². The lowest BCUT2D eigenvalue weighted by Crippen LogP contribution is -2.37. The predicted molar refractivity (Wildman–Crippen MR) is 95.4 cm³/mol. The molecular weight excluding hydrogens is 302 g/mol. The summed E-state index contributed by atoms with van der Waals surface area (Å²) in [4.78, 5) is 16.5. The second-order valence-corrected chi connectivity index (χ2v) is 6.80. The lowest BCUT2D eigenvalue weighted by molar-refractivity contribution is 0.174. The Bertz CT molecular complexity index is 526. The number of nitrogens with one attached hydrogen (secondary N) is 1. The van der Waals surface area contributed by atoms with E-state index < -0.39 is 6.09 Å². The number of benzene rings is 1. The highest BCUT2D eigenvalue weighted by Crippen LogP contribution is 2.32. The smallest absolute Gasteiger partial charge is 0.410 e. The van der Waals surface area contributed by atoms with Crippen molar-refractivity contribution >= 4 is 6.09 Å². The molecule has 1 aromatic rings. The number of piperidine rings is 1. The van der Waals surface area contributed by atoms with Crippen LogP contribution in [0.15, 0.2) is 24.3 Å². The van der Waals surface area contributed by atoms with E-state index in [0.717, 1.165) is 6.54 Å². The zero-order valence-electron chi connectivity index (χ0n) is 14.7. The summed E-state index contributed by atoms with van der Waals surface area (Å²) < 4.78 is 5.16. The second kappa shape index (κ2) is 8.49. The quantitative estimate of drug-likeness (QED) is 0.901. The van der Waals surface area contributed by atoms with Gasteiger partial charge in [0.2, 0.25) is 0 Å². The topological polar surface area (TPSA) is 44.8 Å². The molecule has 24 heavy (non-hydrogen) atoms. The molecule has 2 fully saturated rings. The van der Waals surface area contributed by atoms with E-state index in [-0.39, 0.29) is 0 Å². The highest BCUT2D eigenvalue weighted by atomic mass is 16.5. The van der Waals surface area contributed by atoms with Gasteiger partial charge in [-0.1, -0.05) is 18.6 Å². The molecule has 2 aliphatic rings. The molecule has 2 saturated heterocycles. The van der Waals surface area contributed by atoms with Crippen LogP contribution in [0.25, 0.3) is 0 Å². The number of hydrogen-bond acceptors (Lipinski definition) is 4. The Morgan fingerprint density at radius 2 is 1.83 bits per heavy atom.